The van der Waals surface area contributed by atoms with Crippen LogP contribution in [0, 0.1) is 0 Å². The van der Waals surface area contributed by atoms with E-state index in [1.165, 1.54) is 12.1 Å². The van der Waals surface area contributed by atoms with Gasteiger partial charge in [0, 0.05) is 9.50 Å². The number of benzene rings is 2. The van der Waals surface area contributed by atoms with Crippen LogP contribution in [-0.2, 0) is 10.0 Å². The van der Waals surface area contributed by atoms with Gasteiger partial charge in [0.15, 0.2) is 0 Å². The van der Waals surface area contributed by atoms with E-state index < -0.39 is 10.0 Å². The highest BCUT2D eigenvalue weighted by atomic mass is 79.9. The number of hydrogen-bond donors (Lipinski definition) is 1. The summed E-state index contributed by atoms with van der Waals surface area (Å²) in [6.07, 6.45) is 0. The van der Waals surface area contributed by atoms with Crippen LogP contribution in [0.15, 0.2) is 63.0 Å². The first kappa shape index (κ1) is 16.0. The molecular weight excluding hydrogens is 376 g/mol. The number of sulfonamides is 1. The Morgan fingerprint density at radius 1 is 1.10 bits per heavy atom. The third kappa shape index (κ3) is 4.30. The minimum atomic E-state index is -3.67. The van der Waals surface area contributed by atoms with Crippen molar-refractivity contribution in [2.75, 3.05) is 0 Å². The zero-order valence-electron chi connectivity index (χ0n) is 11.0. The monoisotopic (exact) mass is 386 g/mol. The minimum Gasteiger partial charge on any atom is -0.200 e. The molecule has 0 unspecified atom stereocenters. The van der Waals surface area contributed by atoms with Crippen molar-refractivity contribution in [3.63, 3.8) is 0 Å². The molecule has 0 spiro atoms. The number of hydrogen-bond acceptors (Lipinski definition) is 3. The maximum absolute atomic E-state index is 12.1. The molecule has 2 aromatic carbocycles. The van der Waals surface area contributed by atoms with Gasteiger partial charge >= 0.3 is 0 Å². The summed E-state index contributed by atoms with van der Waals surface area (Å²) >= 11 is 9.06. The average molecular weight is 388 g/mol. The van der Waals surface area contributed by atoms with E-state index in [2.05, 4.69) is 25.9 Å². The molecule has 7 heteroatoms. The molecule has 21 heavy (non-hydrogen) atoms. The van der Waals surface area contributed by atoms with E-state index in [0.29, 0.717) is 10.7 Å². The Labute approximate surface area is 137 Å². The number of halogens is 2. The highest BCUT2D eigenvalue weighted by molar-refractivity contribution is 9.10. The van der Waals surface area contributed by atoms with Crippen LogP contribution in [0.4, 0.5) is 0 Å². The van der Waals surface area contributed by atoms with Gasteiger partial charge in [-0.3, -0.25) is 0 Å². The second-order valence-electron chi connectivity index (χ2n) is 4.25. The summed E-state index contributed by atoms with van der Waals surface area (Å²) in [5.41, 5.74) is 1.34. The van der Waals surface area contributed by atoms with Crippen molar-refractivity contribution in [3.05, 3.63) is 63.6 Å². The van der Waals surface area contributed by atoms with E-state index in [-0.39, 0.29) is 4.90 Å². The zero-order valence-corrected chi connectivity index (χ0v) is 14.2. The Morgan fingerprint density at radius 2 is 1.67 bits per heavy atom. The Morgan fingerprint density at radius 3 is 2.24 bits per heavy atom. The Bertz CT molecular complexity index is 757. The maximum atomic E-state index is 12.1. The quantitative estimate of drug-likeness (QED) is 0.640. The fourth-order valence-electron chi connectivity index (χ4n) is 1.55. The predicted molar refractivity (Wildman–Crippen MR) is 88.1 cm³/mol. The molecular formula is C14H12BrClN2O2S. The topological polar surface area (TPSA) is 58.5 Å². The van der Waals surface area contributed by atoms with Crippen LogP contribution in [0.5, 0.6) is 0 Å². The van der Waals surface area contributed by atoms with Crippen LogP contribution in [0.25, 0.3) is 0 Å². The van der Waals surface area contributed by atoms with Gasteiger partial charge in [0.05, 0.1) is 10.6 Å². The van der Waals surface area contributed by atoms with Gasteiger partial charge in [-0.05, 0) is 48.9 Å². The second-order valence-corrected chi connectivity index (χ2v) is 7.27. The van der Waals surface area contributed by atoms with Gasteiger partial charge in [-0.2, -0.15) is 18.4 Å². The Balaban J connectivity index is 2.18. The fourth-order valence-corrected chi connectivity index (χ4v) is 2.80. The van der Waals surface area contributed by atoms with E-state index in [1.54, 1.807) is 43.3 Å². The third-order valence-corrected chi connectivity index (χ3v) is 4.72. The Hall–Kier alpha value is -1.37. The molecule has 2 aromatic rings. The van der Waals surface area contributed by atoms with Crippen LogP contribution in [0.1, 0.15) is 12.5 Å². The van der Waals surface area contributed by atoms with E-state index >= 15 is 0 Å². The van der Waals surface area contributed by atoms with Crippen LogP contribution < -0.4 is 4.83 Å². The molecule has 110 valence electrons. The van der Waals surface area contributed by atoms with Gasteiger partial charge in [0.1, 0.15) is 0 Å². The van der Waals surface area contributed by atoms with E-state index in [1.807, 2.05) is 0 Å². The summed E-state index contributed by atoms with van der Waals surface area (Å²) < 4.78 is 25.0. The van der Waals surface area contributed by atoms with Crippen molar-refractivity contribution in [2.45, 2.75) is 11.8 Å². The van der Waals surface area contributed by atoms with Gasteiger partial charge in [0.25, 0.3) is 10.0 Å². The Kier molecular flexibility index (Phi) is 5.03. The molecule has 0 bridgehead atoms. The largest absolute Gasteiger partial charge is 0.276 e. The van der Waals surface area contributed by atoms with E-state index in [0.717, 1.165) is 10.0 Å². The fraction of sp³-hybridized carbons (Fsp3) is 0.0714. The number of nitrogens with one attached hydrogen (secondary N) is 1. The van der Waals surface area contributed by atoms with Crippen LogP contribution >= 0.6 is 27.5 Å². The summed E-state index contributed by atoms with van der Waals surface area (Å²) in [4.78, 5) is 2.37. The van der Waals surface area contributed by atoms with E-state index in [9.17, 15) is 8.42 Å². The molecule has 0 saturated heterocycles. The molecule has 0 aromatic heterocycles. The highest BCUT2D eigenvalue weighted by Gasteiger charge is 2.12. The zero-order chi connectivity index (χ0) is 15.5. The maximum Gasteiger partial charge on any atom is 0.276 e. The van der Waals surface area contributed by atoms with Gasteiger partial charge < -0.3 is 0 Å². The average Bonchev–Trinajstić information content (AvgIpc) is 2.46. The van der Waals surface area contributed by atoms with Crippen LogP contribution in [-0.4, -0.2) is 14.1 Å². The molecule has 0 aliphatic heterocycles. The first-order valence-electron chi connectivity index (χ1n) is 5.96. The van der Waals surface area contributed by atoms with Crippen LogP contribution in [0.2, 0.25) is 5.02 Å². The summed E-state index contributed by atoms with van der Waals surface area (Å²) in [5, 5.41) is 4.53. The van der Waals surface area contributed by atoms with Gasteiger partial charge in [0.2, 0.25) is 0 Å². The number of hydrazone groups is 1. The first-order valence-corrected chi connectivity index (χ1v) is 8.61. The molecule has 0 aliphatic rings. The minimum absolute atomic E-state index is 0.151. The van der Waals surface area contributed by atoms with Gasteiger partial charge in [-0.15, -0.1) is 0 Å². The molecule has 0 fully saturated rings. The van der Waals surface area contributed by atoms with Crippen molar-refractivity contribution in [2.24, 2.45) is 5.10 Å². The SMILES string of the molecule is C/C(=N/NS(=O)(=O)c1ccc(Br)cc1)c1ccc(Cl)cc1. The van der Waals surface area contributed by atoms with Crippen LogP contribution in [0.3, 0.4) is 0 Å². The summed E-state index contributed by atoms with van der Waals surface area (Å²) in [7, 11) is -3.67. The molecule has 0 atom stereocenters. The van der Waals surface area contributed by atoms with Crippen molar-refractivity contribution in [3.8, 4) is 0 Å². The number of rotatable bonds is 4. The summed E-state index contributed by atoms with van der Waals surface area (Å²) in [6, 6.07) is 13.3. The van der Waals surface area contributed by atoms with Gasteiger partial charge in [-0.25, -0.2) is 0 Å². The molecule has 4 nitrogen and oxygen atoms in total. The lowest BCUT2D eigenvalue weighted by atomic mass is 10.1. The molecule has 2 rings (SSSR count). The molecule has 0 saturated carbocycles. The molecule has 0 radical (unpaired) electrons. The van der Waals surface area contributed by atoms with Gasteiger partial charge in [-0.1, -0.05) is 39.7 Å². The summed E-state index contributed by atoms with van der Waals surface area (Å²) in [6.45, 7) is 1.72. The predicted octanol–water partition coefficient (Wildman–Crippen LogP) is 3.81. The molecule has 0 amide bonds. The highest BCUT2D eigenvalue weighted by Crippen LogP contribution is 2.15. The smallest absolute Gasteiger partial charge is 0.200 e. The lowest BCUT2D eigenvalue weighted by Crippen LogP contribution is -2.19. The normalized spacial score (nSPS) is 12.2. The third-order valence-electron chi connectivity index (χ3n) is 2.72. The molecule has 1 N–H and O–H groups in total. The number of nitrogens with zero attached hydrogens (tertiary/aromatic N) is 1. The van der Waals surface area contributed by atoms with Crippen molar-refractivity contribution in [1.82, 2.24) is 4.83 Å². The second kappa shape index (κ2) is 6.60. The van der Waals surface area contributed by atoms with Crippen molar-refractivity contribution < 1.29 is 8.42 Å². The lowest BCUT2D eigenvalue weighted by Gasteiger charge is -2.05. The van der Waals surface area contributed by atoms with Crippen molar-refractivity contribution >= 4 is 43.3 Å². The molecule has 0 heterocycles. The summed E-state index contributed by atoms with van der Waals surface area (Å²) in [5.74, 6) is 0. The lowest BCUT2D eigenvalue weighted by molar-refractivity contribution is 0.584. The standard InChI is InChI=1S/C14H12BrClN2O2S/c1-10(11-2-6-13(16)7-3-11)17-18-21(19,20)14-8-4-12(15)5-9-14/h2-9,18H,1H3/b17-10-. The first-order chi connectivity index (χ1) is 9.88. The van der Waals surface area contributed by atoms with Crippen molar-refractivity contribution in [1.29, 1.82) is 0 Å². The molecule has 0 aliphatic carbocycles. The van der Waals surface area contributed by atoms with E-state index in [4.69, 9.17) is 11.6 Å².